The van der Waals surface area contributed by atoms with Crippen LogP contribution in [0, 0.1) is 24.2 Å². The van der Waals surface area contributed by atoms with Crippen molar-refractivity contribution >= 4 is 33.6 Å². The van der Waals surface area contributed by atoms with Gasteiger partial charge in [0.15, 0.2) is 0 Å². The summed E-state index contributed by atoms with van der Waals surface area (Å²) in [6.07, 6.45) is 6.82. The molecule has 0 aliphatic heterocycles. The number of benzene rings is 2. The lowest BCUT2D eigenvalue weighted by molar-refractivity contribution is -0.107. The molecule has 0 amide bonds. The van der Waals surface area contributed by atoms with Crippen molar-refractivity contribution in [3.05, 3.63) is 81.2 Å². The van der Waals surface area contributed by atoms with Crippen molar-refractivity contribution in [2.24, 2.45) is 11.1 Å². The molecule has 3 aromatic rings. The first-order chi connectivity index (χ1) is 18.3. The van der Waals surface area contributed by atoms with E-state index >= 15 is 0 Å². The molecular formula is C31H43N3O2S2. The van der Waals surface area contributed by atoms with E-state index in [4.69, 9.17) is 5.14 Å². The molecule has 7 heteroatoms. The zero-order valence-corrected chi connectivity index (χ0v) is 25.3. The van der Waals surface area contributed by atoms with Crippen molar-refractivity contribution in [3.63, 3.8) is 0 Å². The Balaban J connectivity index is 0.000000300. The summed E-state index contributed by atoms with van der Waals surface area (Å²) in [7, 11) is 0.464. The molecule has 0 aliphatic rings. The van der Waals surface area contributed by atoms with E-state index in [9.17, 15) is 14.3 Å². The van der Waals surface area contributed by atoms with Crippen molar-refractivity contribution in [3.8, 4) is 6.07 Å². The lowest BCUT2D eigenvalue weighted by atomic mass is 9.96. The quantitative estimate of drug-likeness (QED) is 0.260. The largest absolute Gasteiger partial charge is 0.379 e. The second kappa shape index (κ2) is 18.5. The molecule has 1 heterocycles. The minimum Gasteiger partial charge on any atom is -0.379 e. The Bertz CT molecular complexity index is 1180. The maximum absolute atomic E-state index is 10.7. The highest BCUT2D eigenvalue weighted by Crippen LogP contribution is 2.34. The van der Waals surface area contributed by atoms with E-state index < -0.39 is 11.0 Å². The van der Waals surface area contributed by atoms with E-state index in [0.29, 0.717) is 11.3 Å². The molecule has 5 nitrogen and oxygen atoms in total. The van der Waals surface area contributed by atoms with Gasteiger partial charge in [0.25, 0.3) is 0 Å². The number of hydrogen-bond acceptors (Lipinski definition) is 5. The molecule has 0 bridgehead atoms. The SMILES string of the molecule is CCc1ccccc1C.CCc1sc(NC)c(C#N)c1CCC(C)CC.NS(=O)c1ccc(CC=O)cc1. The summed E-state index contributed by atoms with van der Waals surface area (Å²) in [4.78, 5) is 12.1. The Morgan fingerprint density at radius 2 is 1.76 bits per heavy atom. The summed E-state index contributed by atoms with van der Waals surface area (Å²) in [5, 5.41) is 18.6. The second-order valence-corrected chi connectivity index (χ2v) is 11.2. The Hall–Kier alpha value is -2.79. The van der Waals surface area contributed by atoms with E-state index in [-0.39, 0.29) is 0 Å². The van der Waals surface area contributed by atoms with Gasteiger partial charge in [0, 0.05) is 18.3 Å². The summed E-state index contributed by atoms with van der Waals surface area (Å²) in [5.74, 6) is 0.740. The molecule has 0 aliphatic carbocycles. The highest BCUT2D eigenvalue weighted by molar-refractivity contribution is 7.82. The zero-order valence-electron chi connectivity index (χ0n) is 23.7. The minimum absolute atomic E-state index is 0.386. The van der Waals surface area contributed by atoms with E-state index in [0.717, 1.165) is 47.6 Å². The van der Waals surface area contributed by atoms with Crippen molar-refractivity contribution in [1.82, 2.24) is 0 Å². The van der Waals surface area contributed by atoms with Crippen LogP contribution in [0.2, 0.25) is 0 Å². The van der Waals surface area contributed by atoms with Crippen molar-refractivity contribution in [2.75, 3.05) is 12.4 Å². The number of thiophene rings is 1. The number of rotatable bonds is 10. The molecule has 1 aromatic heterocycles. The minimum atomic E-state index is -1.43. The van der Waals surface area contributed by atoms with Crippen LogP contribution in [-0.2, 0) is 41.5 Å². The van der Waals surface area contributed by atoms with Crippen LogP contribution in [0.1, 0.15) is 73.2 Å². The smallest absolute Gasteiger partial charge is 0.124 e. The monoisotopic (exact) mass is 553 g/mol. The lowest BCUT2D eigenvalue weighted by Gasteiger charge is -2.08. The number of nitrogens with two attached hydrogens (primary N) is 1. The molecule has 3 rings (SSSR count). The van der Waals surface area contributed by atoms with Crippen LogP contribution in [0.15, 0.2) is 53.4 Å². The van der Waals surface area contributed by atoms with Gasteiger partial charge in [0.2, 0.25) is 0 Å². The normalized spacial score (nSPS) is 11.6. The predicted molar refractivity (Wildman–Crippen MR) is 163 cm³/mol. The number of carbonyl (C=O) groups excluding carboxylic acids is 1. The molecule has 2 atom stereocenters. The van der Waals surface area contributed by atoms with E-state index in [1.165, 1.54) is 34.4 Å². The van der Waals surface area contributed by atoms with Gasteiger partial charge in [-0.15, -0.1) is 11.3 Å². The first kappa shape index (κ1) is 33.2. The third-order valence-electron chi connectivity index (χ3n) is 6.45. The van der Waals surface area contributed by atoms with Gasteiger partial charge in [-0.25, -0.2) is 9.35 Å². The van der Waals surface area contributed by atoms with E-state index in [2.05, 4.69) is 70.3 Å². The number of carbonyl (C=O) groups is 1. The van der Waals surface area contributed by atoms with Crippen LogP contribution in [0.25, 0.3) is 0 Å². The van der Waals surface area contributed by atoms with Crippen LogP contribution < -0.4 is 10.5 Å². The number of anilines is 1. The van der Waals surface area contributed by atoms with Crippen LogP contribution in [0.5, 0.6) is 0 Å². The van der Waals surface area contributed by atoms with E-state index in [1.54, 1.807) is 35.6 Å². The van der Waals surface area contributed by atoms with Crippen LogP contribution in [-0.4, -0.2) is 17.5 Å². The Morgan fingerprint density at radius 3 is 2.21 bits per heavy atom. The molecule has 0 fully saturated rings. The summed E-state index contributed by atoms with van der Waals surface area (Å²) in [6, 6.07) is 17.7. The molecule has 0 radical (unpaired) electrons. The summed E-state index contributed by atoms with van der Waals surface area (Å²) >= 11 is 1.74. The fourth-order valence-electron chi connectivity index (χ4n) is 3.81. The number of aryl methyl sites for hydroxylation is 3. The number of hydrogen-bond donors (Lipinski definition) is 2. The van der Waals surface area contributed by atoms with Gasteiger partial charge in [-0.05, 0) is 72.9 Å². The third-order valence-corrected chi connectivity index (χ3v) is 8.58. The molecule has 0 saturated carbocycles. The van der Waals surface area contributed by atoms with Crippen LogP contribution in [0.4, 0.5) is 5.00 Å². The Morgan fingerprint density at radius 1 is 1.11 bits per heavy atom. The van der Waals surface area contributed by atoms with Gasteiger partial charge in [-0.3, -0.25) is 0 Å². The molecule has 0 spiro atoms. The van der Waals surface area contributed by atoms with Crippen LogP contribution in [0.3, 0.4) is 0 Å². The number of aldehydes is 1. The summed E-state index contributed by atoms with van der Waals surface area (Å²) in [5.41, 5.74) is 5.92. The molecular weight excluding hydrogens is 510 g/mol. The fourth-order valence-corrected chi connectivity index (χ4v) is 5.31. The molecule has 2 aromatic carbocycles. The maximum atomic E-state index is 10.7. The lowest BCUT2D eigenvalue weighted by Crippen LogP contribution is -2.02. The van der Waals surface area contributed by atoms with Crippen molar-refractivity contribution in [1.29, 1.82) is 5.26 Å². The summed E-state index contributed by atoms with van der Waals surface area (Å²) in [6.45, 7) is 11.0. The fraction of sp³-hybridized carbons (Fsp3) is 0.419. The van der Waals surface area contributed by atoms with Crippen molar-refractivity contribution in [2.45, 2.75) is 78.0 Å². The highest BCUT2D eigenvalue weighted by Gasteiger charge is 2.16. The molecule has 206 valence electrons. The summed E-state index contributed by atoms with van der Waals surface area (Å²) < 4.78 is 10.7. The number of nitrogens with zero attached hydrogens (tertiary/aromatic N) is 1. The van der Waals surface area contributed by atoms with Gasteiger partial charge in [0.05, 0.1) is 10.5 Å². The predicted octanol–water partition coefficient (Wildman–Crippen LogP) is 7.17. The number of nitriles is 1. The Labute approximate surface area is 236 Å². The first-order valence-corrected chi connectivity index (χ1v) is 15.2. The first-order valence-electron chi connectivity index (χ1n) is 13.2. The topological polar surface area (TPSA) is 96.0 Å². The Kier molecular flexibility index (Phi) is 16.1. The van der Waals surface area contributed by atoms with Gasteiger partial charge < -0.3 is 10.1 Å². The van der Waals surface area contributed by atoms with Gasteiger partial charge in [-0.2, -0.15) is 5.26 Å². The van der Waals surface area contributed by atoms with Gasteiger partial charge in [-0.1, -0.05) is 70.5 Å². The average Bonchev–Trinajstić information content (AvgIpc) is 3.30. The van der Waals surface area contributed by atoms with Gasteiger partial charge in [0.1, 0.15) is 28.3 Å². The zero-order chi connectivity index (χ0) is 28.5. The van der Waals surface area contributed by atoms with Crippen molar-refractivity contribution < 1.29 is 9.00 Å². The number of nitrogens with one attached hydrogen (secondary N) is 1. The average molecular weight is 554 g/mol. The standard InChI is InChI=1S/C14H22N2S.C9H12.C8H9NO2S/c1-5-10(3)7-8-11-12(9-15)14(16-4)17-13(11)6-2;1-3-9-7-5-4-6-8(9)2;9-12(11)8-3-1-7(2-4-8)5-6-10/h10,16H,5-8H2,1-4H3;4-7H,3H2,1-2H3;1-4,6H,5,9H2. The van der Waals surface area contributed by atoms with E-state index in [1.807, 2.05) is 7.05 Å². The molecule has 0 saturated heterocycles. The highest BCUT2D eigenvalue weighted by atomic mass is 32.2. The second-order valence-electron chi connectivity index (χ2n) is 9.07. The van der Waals surface area contributed by atoms with Gasteiger partial charge >= 0.3 is 0 Å². The molecule has 3 N–H and O–H groups in total. The molecule has 38 heavy (non-hydrogen) atoms. The molecule has 2 unspecified atom stereocenters. The van der Waals surface area contributed by atoms with Crippen LogP contribution >= 0.6 is 11.3 Å². The third kappa shape index (κ3) is 10.9. The maximum Gasteiger partial charge on any atom is 0.124 e.